The second kappa shape index (κ2) is 8.02. The summed E-state index contributed by atoms with van der Waals surface area (Å²) in [5, 5.41) is 0. The molecule has 0 aromatic heterocycles. The molecule has 0 radical (unpaired) electrons. The van der Waals surface area contributed by atoms with Gasteiger partial charge in [0, 0.05) is 11.6 Å². The Hall–Kier alpha value is -2.51. The van der Waals surface area contributed by atoms with Gasteiger partial charge in [-0.2, -0.15) is 0 Å². The highest BCUT2D eigenvalue weighted by Gasteiger charge is 2.34. The van der Waals surface area contributed by atoms with Crippen molar-refractivity contribution in [3.63, 3.8) is 0 Å². The van der Waals surface area contributed by atoms with Gasteiger partial charge in [-0.05, 0) is 30.7 Å². The molecule has 27 heavy (non-hydrogen) atoms. The molecule has 2 aromatic carbocycles. The number of hydrogen-bond acceptors (Lipinski definition) is 6. The summed E-state index contributed by atoms with van der Waals surface area (Å²) in [5.41, 5.74) is 2.49. The molecule has 0 saturated carbocycles. The summed E-state index contributed by atoms with van der Waals surface area (Å²) in [7, 11) is 4.69. The van der Waals surface area contributed by atoms with Gasteiger partial charge in [0.2, 0.25) is 0 Å². The van der Waals surface area contributed by atoms with Crippen LogP contribution >= 0.6 is 24.0 Å². The average molecular weight is 402 g/mol. The molecule has 5 nitrogen and oxygen atoms in total. The van der Waals surface area contributed by atoms with E-state index >= 15 is 0 Å². The van der Waals surface area contributed by atoms with Crippen LogP contribution in [0.4, 0.5) is 5.69 Å². The number of methoxy groups -OCH3 is 3. The van der Waals surface area contributed by atoms with E-state index in [1.165, 1.54) is 11.8 Å². The largest absolute Gasteiger partial charge is 0.496 e. The van der Waals surface area contributed by atoms with E-state index in [1.54, 1.807) is 44.4 Å². The van der Waals surface area contributed by atoms with Crippen molar-refractivity contribution in [2.24, 2.45) is 0 Å². The summed E-state index contributed by atoms with van der Waals surface area (Å²) in [5.74, 6) is 1.53. The molecule has 1 heterocycles. The Morgan fingerprint density at radius 2 is 1.63 bits per heavy atom. The molecule has 140 valence electrons. The molecule has 1 aliphatic rings. The highest BCUT2D eigenvalue weighted by Crippen LogP contribution is 2.40. The second-order valence-electron chi connectivity index (χ2n) is 5.75. The number of carbonyl (C=O) groups excluding carboxylic acids is 1. The van der Waals surface area contributed by atoms with Crippen LogP contribution in [0.3, 0.4) is 0 Å². The molecule has 7 heteroatoms. The van der Waals surface area contributed by atoms with E-state index in [0.717, 1.165) is 11.3 Å². The van der Waals surface area contributed by atoms with Gasteiger partial charge in [0.15, 0.2) is 15.8 Å². The number of hydrogen-bond donors (Lipinski definition) is 0. The fraction of sp³-hybridized carbons (Fsp3) is 0.200. The normalized spacial score (nSPS) is 15.4. The molecule has 0 atom stereocenters. The van der Waals surface area contributed by atoms with Crippen LogP contribution in [0.1, 0.15) is 11.1 Å². The summed E-state index contributed by atoms with van der Waals surface area (Å²) in [6, 6.07) is 11.2. The Balaban J connectivity index is 2.03. The zero-order chi connectivity index (χ0) is 19.6. The van der Waals surface area contributed by atoms with Gasteiger partial charge in [0.05, 0.1) is 31.9 Å². The van der Waals surface area contributed by atoms with E-state index in [2.05, 4.69) is 0 Å². The van der Waals surface area contributed by atoms with Crippen molar-refractivity contribution in [3.8, 4) is 17.2 Å². The van der Waals surface area contributed by atoms with Crippen molar-refractivity contribution < 1.29 is 19.0 Å². The third-order valence-electron chi connectivity index (χ3n) is 4.17. The third kappa shape index (κ3) is 3.65. The Morgan fingerprint density at radius 1 is 1.00 bits per heavy atom. The Morgan fingerprint density at radius 3 is 2.26 bits per heavy atom. The molecule has 0 unspecified atom stereocenters. The van der Waals surface area contributed by atoms with Crippen molar-refractivity contribution in [2.45, 2.75) is 6.92 Å². The van der Waals surface area contributed by atoms with E-state index in [1.807, 2.05) is 31.2 Å². The molecule has 1 fully saturated rings. The summed E-state index contributed by atoms with van der Waals surface area (Å²) in [6.45, 7) is 1.95. The lowest BCUT2D eigenvalue weighted by Gasteiger charge is -2.16. The van der Waals surface area contributed by atoms with Gasteiger partial charge >= 0.3 is 0 Å². The van der Waals surface area contributed by atoms with Crippen molar-refractivity contribution in [1.82, 2.24) is 0 Å². The number of carbonyl (C=O) groups is 1. The van der Waals surface area contributed by atoms with E-state index in [4.69, 9.17) is 26.4 Å². The number of thioether (sulfide) groups is 1. The number of thiocarbonyl (C=S) groups is 1. The number of anilines is 1. The van der Waals surface area contributed by atoms with Crippen LogP contribution in [0.25, 0.3) is 6.08 Å². The first kappa shape index (κ1) is 19.3. The quantitative estimate of drug-likeness (QED) is 0.546. The number of para-hydroxylation sites is 1. The van der Waals surface area contributed by atoms with Crippen LogP contribution < -0.4 is 19.1 Å². The van der Waals surface area contributed by atoms with Gasteiger partial charge in [0.25, 0.3) is 5.91 Å². The fourth-order valence-electron chi connectivity index (χ4n) is 2.80. The summed E-state index contributed by atoms with van der Waals surface area (Å²) >= 11 is 6.72. The standard InChI is InChI=1S/C20H19NO4S2/c1-12-7-5-6-8-14(12)21-19(22)18(27-20(21)26)10-13-9-16(24-3)17(25-4)11-15(13)23-2/h5-11H,1-4H3/b18-10+. The van der Waals surface area contributed by atoms with Crippen LogP contribution in [-0.2, 0) is 4.79 Å². The van der Waals surface area contributed by atoms with Gasteiger partial charge in [-0.1, -0.05) is 42.2 Å². The highest BCUT2D eigenvalue weighted by atomic mass is 32.2. The van der Waals surface area contributed by atoms with Gasteiger partial charge in [-0.15, -0.1) is 0 Å². The van der Waals surface area contributed by atoms with Crippen molar-refractivity contribution in [3.05, 3.63) is 52.4 Å². The first-order valence-electron chi connectivity index (χ1n) is 8.13. The molecule has 1 amide bonds. The molecular formula is C20H19NO4S2. The molecular weight excluding hydrogens is 382 g/mol. The maximum Gasteiger partial charge on any atom is 0.270 e. The molecule has 0 N–H and O–H groups in total. The highest BCUT2D eigenvalue weighted by molar-refractivity contribution is 8.27. The van der Waals surface area contributed by atoms with Crippen LogP contribution in [0.5, 0.6) is 17.2 Å². The maximum absolute atomic E-state index is 13.0. The first-order valence-corrected chi connectivity index (χ1v) is 9.36. The van der Waals surface area contributed by atoms with Crippen LogP contribution in [0.15, 0.2) is 41.3 Å². The van der Waals surface area contributed by atoms with Gasteiger partial charge in [-0.3, -0.25) is 9.69 Å². The topological polar surface area (TPSA) is 48.0 Å². The van der Waals surface area contributed by atoms with Gasteiger partial charge < -0.3 is 14.2 Å². The van der Waals surface area contributed by atoms with E-state index in [-0.39, 0.29) is 5.91 Å². The van der Waals surface area contributed by atoms with Crippen molar-refractivity contribution in [2.75, 3.05) is 26.2 Å². The minimum absolute atomic E-state index is 0.156. The monoisotopic (exact) mass is 401 g/mol. The van der Waals surface area contributed by atoms with Crippen LogP contribution in [0, 0.1) is 6.92 Å². The minimum atomic E-state index is -0.156. The molecule has 0 aliphatic carbocycles. The smallest absolute Gasteiger partial charge is 0.270 e. The Kier molecular flexibility index (Phi) is 5.72. The fourth-order valence-corrected chi connectivity index (χ4v) is 4.07. The number of benzene rings is 2. The van der Waals surface area contributed by atoms with Crippen LogP contribution in [-0.4, -0.2) is 31.6 Å². The molecule has 2 aromatic rings. The lowest BCUT2D eigenvalue weighted by atomic mass is 10.1. The first-order chi connectivity index (χ1) is 13.0. The molecule has 1 saturated heterocycles. The Labute approximate surface area is 167 Å². The summed E-state index contributed by atoms with van der Waals surface area (Å²) in [6.07, 6.45) is 1.76. The van der Waals surface area contributed by atoms with E-state index in [0.29, 0.717) is 32.0 Å². The molecule has 3 rings (SSSR count). The number of aryl methyl sites for hydroxylation is 1. The maximum atomic E-state index is 13.0. The summed E-state index contributed by atoms with van der Waals surface area (Å²) < 4.78 is 16.6. The number of amides is 1. The minimum Gasteiger partial charge on any atom is -0.496 e. The predicted octanol–water partition coefficient (Wildman–Crippen LogP) is 4.43. The lowest BCUT2D eigenvalue weighted by molar-refractivity contribution is -0.113. The molecule has 0 bridgehead atoms. The van der Waals surface area contributed by atoms with Crippen molar-refractivity contribution in [1.29, 1.82) is 0 Å². The van der Waals surface area contributed by atoms with Crippen LogP contribution in [0.2, 0.25) is 0 Å². The SMILES string of the molecule is COc1cc(OC)c(OC)cc1/C=C1/SC(=S)N(c2ccccc2C)C1=O. The van der Waals surface area contributed by atoms with Gasteiger partial charge in [-0.25, -0.2) is 0 Å². The number of ether oxygens (including phenoxy) is 3. The van der Waals surface area contributed by atoms with Gasteiger partial charge in [0.1, 0.15) is 5.75 Å². The summed E-state index contributed by atoms with van der Waals surface area (Å²) in [4.78, 5) is 15.1. The Bertz CT molecular complexity index is 940. The number of rotatable bonds is 5. The predicted molar refractivity (Wildman–Crippen MR) is 113 cm³/mol. The van der Waals surface area contributed by atoms with E-state index < -0.39 is 0 Å². The van der Waals surface area contributed by atoms with Crippen molar-refractivity contribution >= 4 is 46.0 Å². The zero-order valence-corrected chi connectivity index (χ0v) is 17.1. The number of nitrogens with zero attached hydrogens (tertiary/aromatic N) is 1. The molecule has 1 aliphatic heterocycles. The lowest BCUT2D eigenvalue weighted by Crippen LogP contribution is -2.28. The molecule has 0 spiro atoms. The van der Waals surface area contributed by atoms with E-state index in [9.17, 15) is 4.79 Å². The average Bonchev–Trinajstić information content (AvgIpc) is 2.95. The zero-order valence-electron chi connectivity index (χ0n) is 15.4. The third-order valence-corrected chi connectivity index (χ3v) is 5.47. The second-order valence-corrected chi connectivity index (χ2v) is 7.43.